The van der Waals surface area contributed by atoms with Crippen molar-refractivity contribution in [3.05, 3.63) is 66.2 Å². The van der Waals surface area contributed by atoms with Crippen molar-refractivity contribution in [3.63, 3.8) is 0 Å². The van der Waals surface area contributed by atoms with E-state index in [2.05, 4.69) is 28.4 Å². The summed E-state index contributed by atoms with van der Waals surface area (Å²) in [4.78, 5) is 2.15. The smallest absolute Gasteiger partial charge is 0.173 e. The molecular formula is C19H19N3S. The number of anilines is 1. The van der Waals surface area contributed by atoms with Crippen LogP contribution in [0.3, 0.4) is 0 Å². The second-order valence-electron chi connectivity index (χ2n) is 5.84. The van der Waals surface area contributed by atoms with Gasteiger partial charge in [0.05, 0.1) is 11.5 Å². The van der Waals surface area contributed by atoms with Gasteiger partial charge in [-0.15, -0.1) is 0 Å². The number of thiocarbonyl (C=S) groups is 1. The van der Waals surface area contributed by atoms with Crippen LogP contribution in [-0.4, -0.2) is 23.1 Å². The highest BCUT2D eigenvalue weighted by atomic mass is 32.1. The van der Waals surface area contributed by atoms with Crippen LogP contribution in [0.5, 0.6) is 0 Å². The molecule has 0 spiro atoms. The molecule has 3 rings (SSSR count). The standard InChI is InChI=1S/C19H19N3S/c20-15-19(16-7-3-1-4-8-16)11-13-22(14-12-19)18(23)21-17-9-5-2-6-10-17/h1-10H,11-14H2,(H,21,23). The fourth-order valence-corrected chi connectivity index (χ4v) is 3.34. The maximum atomic E-state index is 9.74. The van der Waals surface area contributed by atoms with Gasteiger partial charge >= 0.3 is 0 Å². The van der Waals surface area contributed by atoms with Crippen LogP contribution in [0.25, 0.3) is 0 Å². The monoisotopic (exact) mass is 321 g/mol. The predicted molar refractivity (Wildman–Crippen MR) is 97.2 cm³/mol. The molecule has 0 atom stereocenters. The Bertz CT molecular complexity index is 698. The van der Waals surface area contributed by atoms with Gasteiger partial charge in [-0.3, -0.25) is 0 Å². The number of hydrogen-bond acceptors (Lipinski definition) is 2. The third-order valence-corrected chi connectivity index (χ3v) is 4.83. The highest BCUT2D eigenvalue weighted by Crippen LogP contribution is 2.35. The Morgan fingerprint density at radius 2 is 1.57 bits per heavy atom. The first-order chi connectivity index (χ1) is 11.2. The fraction of sp³-hybridized carbons (Fsp3) is 0.263. The van der Waals surface area contributed by atoms with Crippen LogP contribution in [0, 0.1) is 11.3 Å². The average Bonchev–Trinajstić information content (AvgIpc) is 2.63. The van der Waals surface area contributed by atoms with Crippen LogP contribution >= 0.6 is 12.2 Å². The van der Waals surface area contributed by atoms with Gasteiger partial charge in [0.15, 0.2) is 5.11 Å². The molecule has 23 heavy (non-hydrogen) atoms. The van der Waals surface area contributed by atoms with Crippen LogP contribution in [0.15, 0.2) is 60.7 Å². The molecule has 0 saturated carbocycles. The van der Waals surface area contributed by atoms with Crippen molar-refractivity contribution in [2.75, 3.05) is 18.4 Å². The SMILES string of the molecule is N#CC1(c2ccccc2)CCN(C(=S)Nc2ccccc2)CC1. The Kier molecular flexibility index (Phi) is 4.59. The van der Waals surface area contributed by atoms with Crippen LogP contribution in [0.4, 0.5) is 5.69 Å². The number of benzene rings is 2. The van der Waals surface area contributed by atoms with Gasteiger partial charge in [0.2, 0.25) is 0 Å². The molecule has 0 amide bonds. The normalized spacial score (nSPS) is 16.4. The van der Waals surface area contributed by atoms with Crippen molar-refractivity contribution in [2.24, 2.45) is 0 Å². The van der Waals surface area contributed by atoms with Gasteiger partial charge in [0, 0.05) is 18.8 Å². The van der Waals surface area contributed by atoms with Gasteiger partial charge in [-0.25, -0.2) is 0 Å². The summed E-state index contributed by atoms with van der Waals surface area (Å²) in [5, 5.41) is 13.7. The molecule has 1 N–H and O–H groups in total. The maximum absolute atomic E-state index is 9.74. The second kappa shape index (κ2) is 6.80. The Labute approximate surface area is 142 Å². The Balaban J connectivity index is 1.66. The lowest BCUT2D eigenvalue weighted by Gasteiger charge is -2.38. The summed E-state index contributed by atoms with van der Waals surface area (Å²) in [7, 11) is 0. The highest BCUT2D eigenvalue weighted by Gasteiger charge is 2.36. The molecule has 1 aliphatic rings. The Morgan fingerprint density at radius 3 is 2.13 bits per heavy atom. The number of nitriles is 1. The van der Waals surface area contributed by atoms with Crippen molar-refractivity contribution < 1.29 is 0 Å². The number of para-hydroxylation sites is 1. The molecule has 0 bridgehead atoms. The lowest BCUT2D eigenvalue weighted by Crippen LogP contribution is -2.46. The van der Waals surface area contributed by atoms with E-state index >= 15 is 0 Å². The summed E-state index contributed by atoms with van der Waals surface area (Å²) in [5.74, 6) is 0. The van der Waals surface area contributed by atoms with Crippen molar-refractivity contribution >= 4 is 23.0 Å². The summed E-state index contributed by atoms with van der Waals surface area (Å²) < 4.78 is 0. The van der Waals surface area contributed by atoms with E-state index in [1.165, 1.54) is 0 Å². The number of nitrogens with zero attached hydrogens (tertiary/aromatic N) is 2. The molecular weight excluding hydrogens is 302 g/mol. The van der Waals surface area contributed by atoms with E-state index in [1.54, 1.807) is 0 Å². The molecule has 1 fully saturated rings. The van der Waals surface area contributed by atoms with Crippen LogP contribution in [-0.2, 0) is 5.41 Å². The van der Waals surface area contributed by atoms with E-state index in [1.807, 2.05) is 48.5 Å². The first-order valence-electron chi connectivity index (χ1n) is 7.81. The Morgan fingerprint density at radius 1 is 1.00 bits per heavy atom. The van der Waals surface area contributed by atoms with Crippen LogP contribution < -0.4 is 5.32 Å². The third kappa shape index (κ3) is 3.35. The number of likely N-dealkylation sites (tertiary alicyclic amines) is 1. The molecule has 0 unspecified atom stereocenters. The number of nitrogens with one attached hydrogen (secondary N) is 1. The van der Waals surface area contributed by atoms with Gasteiger partial charge in [0.1, 0.15) is 0 Å². The molecule has 1 aliphatic heterocycles. The predicted octanol–water partition coefficient (Wildman–Crippen LogP) is 3.94. The van der Waals surface area contributed by atoms with E-state index in [-0.39, 0.29) is 5.41 Å². The van der Waals surface area contributed by atoms with E-state index in [9.17, 15) is 5.26 Å². The van der Waals surface area contributed by atoms with Gasteiger partial charge in [-0.05, 0) is 42.8 Å². The minimum absolute atomic E-state index is 0.389. The average molecular weight is 321 g/mol. The molecule has 0 radical (unpaired) electrons. The van der Waals surface area contributed by atoms with E-state index in [0.717, 1.165) is 42.3 Å². The lowest BCUT2D eigenvalue weighted by atomic mass is 9.74. The number of piperidine rings is 1. The minimum Gasteiger partial charge on any atom is -0.349 e. The van der Waals surface area contributed by atoms with E-state index in [4.69, 9.17) is 12.2 Å². The second-order valence-corrected chi connectivity index (χ2v) is 6.23. The minimum atomic E-state index is -0.389. The third-order valence-electron chi connectivity index (χ3n) is 4.47. The van der Waals surface area contributed by atoms with Crippen LogP contribution in [0.1, 0.15) is 18.4 Å². The van der Waals surface area contributed by atoms with Crippen molar-refractivity contribution in [3.8, 4) is 6.07 Å². The molecule has 0 aliphatic carbocycles. The van der Waals surface area contributed by atoms with E-state index in [0.29, 0.717) is 0 Å². The van der Waals surface area contributed by atoms with Gasteiger partial charge < -0.3 is 10.2 Å². The summed E-state index contributed by atoms with van der Waals surface area (Å²) in [6, 6.07) is 22.6. The molecule has 2 aromatic carbocycles. The molecule has 0 aromatic heterocycles. The maximum Gasteiger partial charge on any atom is 0.173 e. The summed E-state index contributed by atoms with van der Waals surface area (Å²) >= 11 is 5.52. The van der Waals surface area contributed by atoms with Gasteiger partial charge in [-0.1, -0.05) is 48.5 Å². The summed E-state index contributed by atoms with van der Waals surface area (Å²) in [5.41, 5.74) is 1.72. The molecule has 1 heterocycles. The molecule has 116 valence electrons. The summed E-state index contributed by atoms with van der Waals surface area (Å²) in [6.45, 7) is 1.59. The van der Waals surface area contributed by atoms with Crippen molar-refractivity contribution in [1.29, 1.82) is 5.26 Å². The fourth-order valence-electron chi connectivity index (χ4n) is 3.04. The Hall–Kier alpha value is -2.38. The first-order valence-corrected chi connectivity index (χ1v) is 8.22. The van der Waals surface area contributed by atoms with Crippen molar-refractivity contribution in [2.45, 2.75) is 18.3 Å². The zero-order chi connectivity index (χ0) is 16.1. The quantitative estimate of drug-likeness (QED) is 0.850. The number of hydrogen-bond donors (Lipinski definition) is 1. The molecule has 3 nitrogen and oxygen atoms in total. The number of rotatable bonds is 2. The van der Waals surface area contributed by atoms with Crippen LogP contribution in [0.2, 0.25) is 0 Å². The van der Waals surface area contributed by atoms with Gasteiger partial charge in [0.25, 0.3) is 0 Å². The van der Waals surface area contributed by atoms with Gasteiger partial charge in [-0.2, -0.15) is 5.26 Å². The highest BCUT2D eigenvalue weighted by molar-refractivity contribution is 7.80. The molecule has 2 aromatic rings. The summed E-state index contributed by atoms with van der Waals surface area (Å²) in [6.07, 6.45) is 1.59. The molecule has 4 heteroatoms. The zero-order valence-electron chi connectivity index (χ0n) is 12.9. The lowest BCUT2D eigenvalue weighted by molar-refractivity contribution is 0.272. The first kappa shape index (κ1) is 15.5. The van der Waals surface area contributed by atoms with E-state index < -0.39 is 0 Å². The largest absolute Gasteiger partial charge is 0.349 e. The van der Waals surface area contributed by atoms with Crippen molar-refractivity contribution in [1.82, 2.24) is 4.90 Å². The zero-order valence-corrected chi connectivity index (χ0v) is 13.7. The topological polar surface area (TPSA) is 39.1 Å². The molecule has 1 saturated heterocycles.